The number of nitrogens with one attached hydrogen (secondary N) is 2. The van der Waals surface area contributed by atoms with E-state index in [2.05, 4.69) is 17.6 Å². The Labute approximate surface area is 171 Å². The van der Waals surface area contributed by atoms with Crippen LogP contribution in [0.4, 0.5) is 0 Å². The summed E-state index contributed by atoms with van der Waals surface area (Å²) in [6, 6.07) is -1.18. The van der Waals surface area contributed by atoms with E-state index in [0.29, 0.717) is 0 Å². The topological polar surface area (TPSA) is 98.7 Å². The van der Waals surface area contributed by atoms with Gasteiger partial charge in [0.2, 0.25) is 17.7 Å². The fourth-order valence-electron chi connectivity index (χ4n) is 5.57. The zero-order valence-corrected chi connectivity index (χ0v) is 18.4. The molecule has 0 aromatic rings. The molecule has 3 aliphatic rings. The van der Waals surface area contributed by atoms with Crippen molar-refractivity contribution in [3.8, 4) is 0 Å². The van der Waals surface area contributed by atoms with Crippen LogP contribution in [0.3, 0.4) is 0 Å². The summed E-state index contributed by atoms with van der Waals surface area (Å²) in [7, 11) is 1.60. The minimum atomic E-state index is -0.674. The van der Waals surface area contributed by atoms with Gasteiger partial charge in [0.05, 0.1) is 29.2 Å². The number of aliphatic hydroxyl groups excluding tert-OH is 1. The predicted octanol–water partition coefficient (Wildman–Crippen LogP) is 0.611. The van der Waals surface area contributed by atoms with Crippen LogP contribution < -0.4 is 10.6 Å². The van der Waals surface area contributed by atoms with Crippen molar-refractivity contribution in [3.05, 3.63) is 0 Å². The maximum atomic E-state index is 13.7. The molecule has 7 atom stereocenters. The highest BCUT2D eigenvalue weighted by molar-refractivity contribution is 8.02. The molecule has 1 spiro atoms. The first-order valence-corrected chi connectivity index (χ1v) is 11.1. The van der Waals surface area contributed by atoms with E-state index in [-0.39, 0.29) is 47.5 Å². The first kappa shape index (κ1) is 21.4. The average molecular weight is 412 g/mol. The number of likely N-dealkylation sites (tertiary alicyclic amines) is 1. The van der Waals surface area contributed by atoms with Gasteiger partial charge in [0.1, 0.15) is 6.04 Å². The Morgan fingerprint density at radius 2 is 1.93 bits per heavy atom. The van der Waals surface area contributed by atoms with Crippen LogP contribution in [0.15, 0.2) is 0 Å². The maximum Gasteiger partial charge on any atom is 0.244 e. The number of amides is 3. The highest BCUT2D eigenvalue weighted by Crippen LogP contribution is 2.68. The number of hydrogen-bond donors (Lipinski definition) is 3. The van der Waals surface area contributed by atoms with Crippen molar-refractivity contribution in [2.24, 2.45) is 23.7 Å². The molecule has 3 aliphatic heterocycles. The quantitative estimate of drug-likeness (QED) is 0.595. The standard InChI is InChI=1S/C20H33N3O4S/c1-9(2)12(8-24)23-16(18(26)22-10(3)4)20-11(5)7-13(28-20)14(17(25)21-6)15(20)19(23)27/h9-16,24H,7-8H2,1-6H3,(H,21,25)(H,22,26)/t11?,12-,13-,14+,15-,16?,20?/m0/s1. The molecule has 3 heterocycles. The lowest BCUT2D eigenvalue weighted by molar-refractivity contribution is -0.143. The second kappa shape index (κ2) is 7.52. The summed E-state index contributed by atoms with van der Waals surface area (Å²) in [6.45, 7) is 9.58. The van der Waals surface area contributed by atoms with Crippen molar-refractivity contribution in [2.45, 2.75) is 69.2 Å². The number of fused-ring (bicyclic) bond motifs is 1. The van der Waals surface area contributed by atoms with Crippen molar-refractivity contribution < 1.29 is 19.5 Å². The van der Waals surface area contributed by atoms with Gasteiger partial charge in [-0.2, -0.15) is 0 Å². The normalized spacial score (nSPS) is 37.5. The number of carbonyl (C=O) groups is 3. The van der Waals surface area contributed by atoms with Crippen molar-refractivity contribution >= 4 is 29.5 Å². The van der Waals surface area contributed by atoms with Gasteiger partial charge in [-0.3, -0.25) is 14.4 Å². The van der Waals surface area contributed by atoms with Crippen molar-refractivity contribution in [1.82, 2.24) is 15.5 Å². The van der Waals surface area contributed by atoms with E-state index in [4.69, 9.17) is 0 Å². The summed E-state index contributed by atoms with van der Waals surface area (Å²) in [5, 5.41) is 15.8. The highest BCUT2D eigenvalue weighted by Gasteiger charge is 2.76. The largest absolute Gasteiger partial charge is 0.394 e. The fraction of sp³-hybridized carbons (Fsp3) is 0.850. The van der Waals surface area contributed by atoms with Crippen LogP contribution in [0.5, 0.6) is 0 Å². The van der Waals surface area contributed by atoms with E-state index in [1.807, 2.05) is 27.7 Å². The third kappa shape index (κ3) is 2.86. The average Bonchev–Trinajstić information content (AvgIpc) is 3.19. The Balaban J connectivity index is 2.13. The number of carbonyl (C=O) groups excluding carboxylic acids is 3. The van der Waals surface area contributed by atoms with Crippen LogP contribution in [-0.4, -0.2) is 69.5 Å². The second-order valence-electron chi connectivity index (χ2n) is 9.07. The van der Waals surface area contributed by atoms with E-state index >= 15 is 0 Å². The monoisotopic (exact) mass is 411 g/mol. The third-order valence-electron chi connectivity index (χ3n) is 6.73. The molecule has 3 fully saturated rings. The number of thioether (sulfide) groups is 1. The molecule has 0 aromatic heterocycles. The Hall–Kier alpha value is -1.28. The third-order valence-corrected chi connectivity index (χ3v) is 8.80. The molecule has 8 heteroatoms. The Kier molecular flexibility index (Phi) is 5.75. The van der Waals surface area contributed by atoms with E-state index in [9.17, 15) is 19.5 Å². The van der Waals surface area contributed by atoms with Gasteiger partial charge < -0.3 is 20.6 Å². The Bertz CT molecular complexity index is 670. The van der Waals surface area contributed by atoms with Gasteiger partial charge in [-0.15, -0.1) is 11.8 Å². The van der Waals surface area contributed by atoms with Gasteiger partial charge >= 0.3 is 0 Å². The predicted molar refractivity (Wildman–Crippen MR) is 109 cm³/mol. The van der Waals surface area contributed by atoms with Gasteiger partial charge in [0.25, 0.3) is 0 Å². The minimum Gasteiger partial charge on any atom is -0.394 e. The summed E-state index contributed by atoms with van der Waals surface area (Å²) < 4.78 is -0.625. The summed E-state index contributed by atoms with van der Waals surface area (Å²) in [5.74, 6) is -1.29. The van der Waals surface area contributed by atoms with Gasteiger partial charge in [0.15, 0.2) is 0 Å². The molecule has 7 nitrogen and oxygen atoms in total. The number of aliphatic hydroxyl groups is 1. The van der Waals surface area contributed by atoms with Gasteiger partial charge in [0, 0.05) is 18.3 Å². The van der Waals surface area contributed by atoms with Crippen LogP contribution >= 0.6 is 11.8 Å². The summed E-state index contributed by atoms with van der Waals surface area (Å²) in [6.07, 6.45) is 0.817. The molecular weight excluding hydrogens is 378 g/mol. The molecule has 3 N–H and O–H groups in total. The molecule has 28 heavy (non-hydrogen) atoms. The molecule has 0 saturated carbocycles. The van der Waals surface area contributed by atoms with E-state index in [0.717, 1.165) is 6.42 Å². The fourth-order valence-corrected chi connectivity index (χ4v) is 7.98. The zero-order valence-electron chi connectivity index (χ0n) is 17.6. The van der Waals surface area contributed by atoms with Gasteiger partial charge in [-0.25, -0.2) is 0 Å². The van der Waals surface area contributed by atoms with Crippen molar-refractivity contribution in [2.75, 3.05) is 13.7 Å². The molecule has 3 amide bonds. The Morgan fingerprint density at radius 1 is 1.29 bits per heavy atom. The van der Waals surface area contributed by atoms with Gasteiger partial charge in [-0.1, -0.05) is 20.8 Å². The first-order chi connectivity index (χ1) is 13.1. The smallest absolute Gasteiger partial charge is 0.244 e. The molecule has 3 saturated heterocycles. The number of nitrogens with zero attached hydrogens (tertiary/aromatic N) is 1. The summed E-state index contributed by atoms with van der Waals surface area (Å²) in [4.78, 5) is 41.4. The SMILES string of the molecule is CNC(=O)[C@@H]1[C@@H]2CC(C)C3(S2)C(C(=O)NC(C)C)N([C@@H](CO)C(C)C)C(=O)[C@H]13. The summed E-state index contributed by atoms with van der Waals surface area (Å²) in [5.41, 5.74) is 0. The van der Waals surface area contributed by atoms with E-state index in [1.165, 1.54) is 0 Å². The van der Waals surface area contributed by atoms with Crippen LogP contribution in [0.1, 0.15) is 41.0 Å². The van der Waals surface area contributed by atoms with Crippen LogP contribution in [0, 0.1) is 23.7 Å². The first-order valence-electron chi connectivity index (χ1n) is 10.2. The highest BCUT2D eigenvalue weighted by atomic mass is 32.2. The van der Waals surface area contributed by atoms with Crippen LogP contribution in [0.25, 0.3) is 0 Å². The van der Waals surface area contributed by atoms with E-state index < -0.39 is 28.7 Å². The number of rotatable bonds is 6. The molecule has 3 rings (SSSR count). The molecule has 0 radical (unpaired) electrons. The van der Waals surface area contributed by atoms with Crippen molar-refractivity contribution in [1.29, 1.82) is 0 Å². The molecule has 158 valence electrons. The van der Waals surface area contributed by atoms with Crippen molar-refractivity contribution in [3.63, 3.8) is 0 Å². The molecule has 0 aliphatic carbocycles. The molecule has 0 aromatic carbocycles. The minimum absolute atomic E-state index is 0.00511. The van der Waals surface area contributed by atoms with Crippen LogP contribution in [-0.2, 0) is 14.4 Å². The summed E-state index contributed by atoms with van der Waals surface area (Å²) >= 11 is 1.65. The lowest BCUT2D eigenvalue weighted by Crippen LogP contribution is -2.60. The zero-order chi connectivity index (χ0) is 21.0. The van der Waals surface area contributed by atoms with E-state index in [1.54, 1.807) is 23.7 Å². The lowest BCUT2D eigenvalue weighted by Gasteiger charge is -2.41. The lowest BCUT2D eigenvalue weighted by atomic mass is 9.66. The van der Waals surface area contributed by atoms with Crippen LogP contribution in [0.2, 0.25) is 0 Å². The molecule has 2 bridgehead atoms. The van der Waals surface area contributed by atoms with Gasteiger partial charge in [-0.05, 0) is 32.1 Å². The molecular formula is C20H33N3O4S. The molecule has 3 unspecified atom stereocenters. The maximum absolute atomic E-state index is 13.7. The number of hydrogen-bond acceptors (Lipinski definition) is 5. The second-order valence-corrected chi connectivity index (χ2v) is 10.6. The Morgan fingerprint density at radius 3 is 2.43 bits per heavy atom.